The number of hydrogen-bond acceptors (Lipinski definition) is 5. The minimum atomic E-state index is -0.323. The van der Waals surface area contributed by atoms with Crippen LogP contribution in [0.5, 0.6) is 11.5 Å². The Morgan fingerprint density at radius 2 is 1.81 bits per heavy atom. The number of aromatic nitrogens is 1. The molecule has 0 fully saturated rings. The number of hydrogen-bond donors (Lipinski definition) is 1. The Morgan fingerprint density at radius 3 is 2.37 bits per heavy atom. The van der Waals surface area contributed by atoms with Gasteiger partial charge < -0.3 is 24.1 Å². The monoisotopic (exact) mass is 394 g/mol. The standard InChI is InChI=1S/C20H27ClN2O4/c1-13(21)11-23-16-9-18(26-5)17(25-4)8-14(16)7-15(19(23)24)10-22-12-20(2,3)27-6/h7-9,22H,1,10-12H2,2-6H3. The van der Waals surface area contributed by atoms with Crippen LogP contribution in [0.25, 0.3) is 10.9 Å². The zero-order valence-electron chi connectivity index (χ0n) is 16.5. The molecule has 1 aromatic heterocycles. The molecule has 0 atom stereocenters. The Labute approximate surface area is 164 Å². The maximum absolute atomic E-state index is 13.0. The number of halogens is 1. The van der Waals surface area contributed by atoms with Gasteiger partial charge in [0.25, 0.3) is 5.56 Å². The van der Waals surface area contributed by atoms with Crippen molar-refractivity contribution in [2.75, 3.05) is 27.9 Å². The molecule has 148 valence electrons. The maximum Gasteiger partial charge on any atom is 0.255 e. The molecule has 2 aromatic rings. The van der Waals surface area contributed by atoms with E-state index in [0.29, 0.717) is 40.7 Å². The minimum Gasteiger partial charge on any atom is -0.493 e. The Kier molecular flexibility index (Phi) is 6.92. The molecule has 0 saturated heterocycles. The van der Waals surface area contributed by atoms with Gasteiger partial charge in [0.1, 0.15) is 0 Å². The fourth-order valence-electron chi connectivity index (χ4n) is 2.79. The predicted molar refractivity (Wildman–Crippen MR) is 109 cm³/mol. The van der Waals surface area contributed by atoms with E-state index in [2.05, 4.69) is 11.9 Å². The second kappa shape index (κ2) is 8.78. The van der Waals surface area contributed by atoms with Gasteiger partial charge in [0.05, 0.1) is 31.9 Å². The summed E-state index contributed by atoms with van der Waals surface area (Å²) in [6.45, 7) is 8.91. The van der Waals surface area contributed by atoms with Gasteiger partial charge in [-0.1, -0.05) is 18.2 Å². The van der Waals surface area contributed by atoms with Crippen LogP contribution in [0.15, 0.2) is 34.6 Å². The number of allylic oxidation sites excluding steroid dienone is 1. The van der Waals surface area contributed by atoms with Crippen LogP contribution in [-0.4, -0.2) is 38.0 Å². The van der Waals surface area contributed by atoms with Crippen molar-refractivity contribution in [2.24, 2.45) is 0 Å². The molecular formula is C20H27ClN2O4. The van der Waals surface area contributed by atoms with Gasteiger partial charge >= 0.3 is 0 Å². The van der Waals surface area contributed by atoms with E-state index in [1.165, 1.54) is 0 Å². The second-order valence-corrected chi connectivity index (χ2v) is 7.45. The number of methoxy groups -OCH3 is 3. The Hall–Kier alpha value is -2.02. The fourth-order valence-corrected chi connectivity index (χ4v) is 2.91. The number of nitrogens with zero attached hydrogens (tertiary/aromatic N) is 1. The normalized spacial score (nSPS) is 11.6. The van der Waals surface area contributed by atoms with Crippen molar-refractivity contribution in [1.82, 2.24) is 9.88 Å². The highest BCUT2D eigenvalue weighted by molar-refractivity contribution is 6.29. The van der Waals surface area contributed by atoms with Crippen LogP contribution in [0.3, 0.4) is 0 Å². The molecule has 6 nitrogen and oxygen atoms in total. The smallest absolute Gasteiger partial charge is 0.255 e. The first kappa shape index (κ1) is 21.3. The molecular weight excluding hydrogens is 368 g/mol. The summed E-state index contributed by atoms with van der Waals surface area (Å²) < 4.78 is 17.8. The lowest BCUT2D eigenvalue weighted by Crippen LogP contribution is -2.37. The molecule has 0 amide bonds. The fraction of sp³-hybridized carbons (Fsp3) is 0.450. The van der Waals surface area contributed by atoms with E-state index in [-0.39, 0.29) is 17.7 Å². The van der Waals surface area contributed by atoms with Crippen LogP contribution in [-0.2, 0) is 17.8 Å². The van der Waals surface area contributed by atoms with Crippen molar-refractivity contribution in [3.05, 3.63) is 45.7 Å². The van der Waals surface area contributed by atoms with E-state index in [0.717, 1.165) is 5.39 Å². The molecule has 0 bridgehead atoms. The molecule has 2 rings (SSSR count). The van der Waals surface area contributed by atoms with E-state index in [1.54, 1.807) is 32.0 Å². The van der Waals surface area contributed by atoms with Gasteiger partial charge in [0.2, 0.25) is 0 Å². The van der Waals surface area contributed by atoms with E-state index in [4.69, 9.17) is 25.8 Å². The number of rotatable bonds is 9. The third kappa shape index (κ3) is 5.03. The number of ether oxygens (including phenoxy) is 3. The van der Waals surface area contributed by atoms with Crippen LogP contribution in [0.4, 0.5) is 0 Å². The molecule has 1 N–H and O–H groups in total. The lowest BCUT2D eigenvalue weighted by Gasteiger charge is -2.23. The van der Waals surface area contributed by atoms with Crippen LogP contribution in [0.1, 0.15) is 19.4 Å². The highest BCUT2D eigenvalue weighted by Crippen LogP contribution is 2.32. The molecule has 7 heteroatoms. The summed E-state index contributed by atoms with van der Waals surface area (Å²) in [5, 5.41) is 4.51. The van der Waals surface area contributed by atoms with E-state index in [1.807, 2.05) is 26.0 Å². The van der Waals surface area contributed by atoms with Crippen LogP contribution < -0.4 is 20.3 Å². The minimum absolute atomic E-state index is 0.126. The zero-order chi connectivity index (χ0) is 20.2. The summed E-state index contributed by atoms with van der Waals surface area (Å²) in [4.78, 5) is 13.0. The average Bonchev–Trinajstić information content (AvgIpc) is 2.63. The molecule has 0 aliphatic rings. The molecule has 1 heterocycles. The number of pyridine rings is 1. The van der Waals surface area contributed by atoms with Crippen LogP contribution in [0, 0.1) is 0 Å². The molecule has 0 spiro atoms. The van der Waals surface area contributed by atoms with Gasteiger partial charge in [-0.05, 0) is 26.0 Å². The third-order valence-electron chi connectivity index (χ3n) is 4.42. The number of benzene rings is 1. The summed E-state index contributed by atoms with van der Waals surface area (Å²) >= 11 is 6.01. The Bertz CT molecular complexity index is 890. The predicted octanol–water partition coefficient (Wildman–Crippen LogP) is 3.29. The largest absolute Gasteiger partial charge is 0.493 e. The first-order chi connectivity index (χ1) is 12.7. The van der Waals surface area contributed by atoms with Gasteiger partial charge in [-0.3, -0.25) is 4.79 Å². The average molecular weight is 395 g/mol. The summed E-state index contributed by atoms with van der Waals surface area (Å²) in [5.41, 5.74) is 0.885. The highest BCUT2D eigenvalue weighted by atomic mass is 35.5. The second-order valence-electron chi connectivity index (χ2n) is 6.91. The van der Waals surface area contributed by atoms with Crippen molar-refractivity contribution in [1.29, 1.82) is 0 Å². The summed E-state index contributed by atoms with van der Waals surface area (Å²) in [6.07, 6.45) is 0. The van der Waals surface area contributed by atoms with Gasteiger partial charge in [-0.15, -0.1) is 0 Å². The molecule has 1 aromatic carbocycles. The summed E-state index contributed by atoms with van der Waals surface area (Å²) in [5.74, 6) is 1.14. The van der Waals surface area contributed by atoms with Crippen LogP contribution >= 0.6 is 11.6 Å². The summed E-state index contributed by atoms with van der Waals surface area (Å²) in [7, 11) is 4.80. The van der Waals surface area contributed by atoms with Crippen molar-refractivity contribution in [3.8, 4) is 11.5 Å². The van der Waals surface area contributed by atoms with E-state index >= 15 is 0 Å². The van der Waals surface area contributed by atoms with E-state index in [9.17, 15) is 4.79 Å². The Morgan fingerprint density at radius 1 is 1.19 bits per heavy atom. The number of fused-ring (bicyclic) bond motifs is 1. The first-order valence-electron chi connectivity index (χ1n) is 8.60. The van der Waals surface area contributed by atoms with Gasteiger partial charge in [0, 0.05) is 42.2 Å². The lowest BCUT2D eigenvalue weighted by atomic mass is 10.1. The van der Waals surface area contributed by atoms with Crippen molar-refractivity contribution < 1.29 is 14.2 Å². The van der Waals surface area contributed by atoms with Crippen LogP contribution in [0.2, 0.25) is 0 Å². The quantitative estimate of drug-likeness (QED) is 0.707. The SMILES string of the molecule is C=C(Cl)Cn1c(=O)c(CNCC(C)(C)OC)cc2cc(OC)c(OC)cc21. The van der Waals surface area contributed by atoms with E-state index < -0.39 is 0 Å². The maximum atomic E-state index is 13.0. The first-order valence-corrected chi connectivity index (χ1v) is 8.98. The highest BCUT2D eigenvalue weighted by Gasteiger charge is 2.17. The third-order valence-corrected chi connectivity index (χ3v) is 4.54. The zero-order valence-corrected chi connectivity index (χ0v) is 17.3. The molecule has 27 heavy (non-hydrogen) atoms. The van der Waals surface area contributed by atoms with Crippen molar-refractivity contribution in [2.45, 2.75) is 32.5 Å². The van der Waals surface area contributed by atoms with Crippen molar-refractivity contribution >= 4 is 22.5 Å². The molecule has 0 unspecified atom stereocenters. The summed E-state index contributed by atoms with van der Waals surface area (Å²) in [6, 6.07) is 5.49. The lowest BCUT2D eigenvalue weighted by molar-refractivity contribution is 0.0230. The number of nitrogens with one attached hydrogen (secondary N) is 1. The van der Waals surface area contributed by atoms with Gasteiger partial charge in [0.15, 0.2) is 11.5 Å². The van der Waals surface area contributed by atoms with Gasteiger partial charge in [-0.25, -0.2) is 0 Å². The molecule has 0 aliphatic heterocycles. The molecule has 0 saturated carbocycles. The molecule has 0 radical (unpaired) electrons. The van der Waals surface area contributed by atoms with Gasteiger partial charge in [-0.2, -0.15) is 0 Å². The molecule has 0 aliphatic carbocycles. The van der Waals surface area contributed by atoms with Crippen molar-refractivity contribution in [3.63, 3.8) is 0 Å². The topological polar surface area (TPSA) is 61.7 Å². The Balaban J connectivity index is 2.53.